The van der Waals surface area contributed by atoms with E-state index < -0.39 is 0 Å². The summed E-state index contributed by atoms with van der Waals surface area (Å²) in [6, 6.07) is 47.2. The molecule has 0 saturated carbocycles. The van der Waals surface area contributed by atoms with Crippen LogP contribution in [0.4, 0.5) is 5.69 Å². The van der Waals surface area contributed by atoms with Gasteiger partial charge >= 0.3 is 0 Å². The number of fused-ring (bicyclic) bond motifs is 2. The van der Waals surface area contributed by atoms with E-state index in [1.807, 2.05) is 0 Å². The number of anilines is 1. The van der Waals surface area contributed by atoms with Crippen LogP contribution in [0.15, 0.2) is 169 Å². The Kier molecular flexibility index (Phi) is 7.83. The van der Waals surface area contributed by atoms with Gasteiger partial charge in [-0.15, -0.1) is 0 Å². The first-order chi connectivity index (χ1) is 23.2. The van der Waals surface area contributed by atoms with Gasteiger partial charge in [-0.25, -0.2) is 0 Å². The van der Waals surface area contributed by atoms with Gasteiger partial charge in [0, 0.05) is 23.2 Å². The van der Waals surface area contributed by atoms with Crippen molar-refractivity contribution in [2.75, 3.05) is 4.90 Å². The number of benzene rings is 5. The standard InChI is InChI=1S/C46H41N/c1-3-39(35-16-8-5-9-17-35)40-18-10-11-19-41(40)43-30-36(23-22-32(43)2)37-26-29-46-44(31-37)42-20-12-13-21-45(42)47(46)38-27-24-34(25-28-38)33-14-6-4-7-15-33/h4-12,14-20,22-31,39,44,46H,3,13,21H2,1-2H3. The van der Waals surface area contributed by atoms with Crippen molar-refractivity contribution in [3.05, 3.63) is 191 Å². The molecule has 1 aliphatic heterocycles. The molecule has 0 aromatic heterocycles. The van der Waals surface area contributed by atoms with E-state index in [0.717, 1.165) is 19.3 Å². The summed E-state index contributed by atoms with van der Waals surface area (Å²) in [4.78, 5) is 2.60. The molecule has 47 heavy (non-hydrogen) atoms. The molecular formula is C46H41N. The molecule has 0 amide bonds. The van der Waals surface area contributed by atoms with E-state index in [4.69, 9.17) is 0 Å². The normalized spacial score (nSPS) is 18.9. The predicted molar refractivity (Wildman–Crippen MR) is 199 cm³/mol. The van der Waals surface area contributed by atoms with Crippen LogP contribution in [-0.4, -0.2) is 6.04 Å². The van der Waals surface area contributed by atoms with Crippen molar-refractivity contribution >= 4 is 11.3 Å². The van der Waals surface area contributed by atoms with Gasteiger partial charge in [0.15, 0.2) is 0 Å². The van der Waals surface area contributed by atoms with Crippen LogP contribution in [0, 0.1) is 12.8 Å². The van der Waals surface area contributed by atoms with Crippen molar-refractivity contribution < 1.29 is 0 Å². The summed E-state index contributed by atoms with van der Waals surface area (Å²) in [5, 5.41) is 0. The van der Waals surface area contributed by atoms with Gasteiger partial charge in [-0.1, -0.05) is 146 Å². The SMILES string of the molecule is CCC(c1ccccc1)c1ccccc1-c1cc(C2=CC3C4=C(CCC=C4)N(c4ccc(-c5ccccc5)cc4)C3C=C2)ccc1C. The molecule has 0 fully saturated rings. The maximum Gasteiger partial charge on any atom is 0.0626 e. The maximum absolute atomic E-state index is 2.60. The maximum atomic E-state index is 2.60. The summed E-state index contributed by atoms with van der Waals surface area (Å²) in [7, 11) is 0. The van der Waals surface area contributed by atoms with Gasteiger partial charge < -0.3 is 4.90 Å². The van der Waals surface area contributed by atoms with Crippen LogP contribution in [0.1, 0.15) is 54.4 Å². The van der Waals surface area contributed by atoms with E-state index >= 15 is 0 Å². The highest BCUT2D eigenvalue weighted by Gasteiger charge is 2.39. The van der Waals surface area contributed by atoms with Crippen LogP contribution in [-0.2, 0) is 0 Å². The fraction of sp³-hybridized carbons (Fsp3) is 0.174. The van der Waals surface area contributed by atoms with E-state index in [1.54, 1.807) is 0 Å². The second-order valence-electron chi connectivity index (χ2n) is 13.1. The highest BCUT2D eigenvalue weighted by atomic mass is 15.2. The molecule has 230 valence electrons. The molecule has 1 heteroatoms. The van der Waals surface area contributed by atoms with E-state index in [2.05, 4.69) is 177 Å². The smallest absolute Gasteiger partial charge is 0.0626 e. The highest BCUT2D eigenvalue weighted by Crippen LogP contribution is 2.47. The highest BCUT2D eigenvalue weighted by molar-refractivity contribution is 5.83. The third-order valence-electron chi connectivity index (χ3n) is 10.4. The number of allylic oxidation sites excluding steroid dienone is 5. The second kappa shape index (κ2) is 12.6. The van der Waals surface area contributed by atoms with Gasteiger partial charge in [0.05, 0.1) is 6.04 Å². The summed E-state index contributed by atoms with van der Waals surface area (Å²) >= 11 is 0. The molecule has 0 N–H and O–H groups in total. The molecule has 0 saturated heterocycles. The van der Waals surface area contributed by atoms with Gasteiger partial charge in [0.1, 0.15) is 0 Å². The lowest BCUT2D eigenvalue weighted by Crippen LogP contribution is -2.33. The Balaban J connectivity index is 1.14. The molecule has 3 unspecified atom stereocenters. The van der Waals surface area contributed by atoms with Crippen molar-refractivity contribution in [3.63, 3.8) is 0 Å². The van der Waals surface area contributed by atoms with E-state index in [-0.39, 0.29) is 6.04 Å². The van der Waals surface area contributed by atoms with E-state index in [9.17, 15) is 0 Å². The van der Waals surface area contributed by atoms with Crippen LogP contribution in [0.25, 0.3) is 27.8 Å². The topological polar surface area (TPSA) is 3.24 Å². The average molecular weight is 608 g/mol. The summed E-state index contributed by atoms with van der Waals surface area (Å²) in [5.74, 6) is 0.689. The molecule has 3 aliphatic rings. The molecule has 3 atom stereocenters. The number of nitrogens with zero attached hydrogens (tertiary/aromatic N) is 1. The molecular weight excluding hydrogens is 567 g/mol. The zero-order chi connectivity index (χ0) is 31.7. The third kappa shape index (κ3) is 5.40. The zero-order valence-electron chi connectivity index (χ0n) is 27.3. The monoisotopic (exact) mass is 607 g/mol. The molecule has 1 nitrogen and oxygen atoms in total. The van der Waals surface area contributed by atoms with Crippen molar-refractivity contribution in [2.24, 2.45) is 5.92 Å². The molecule has 0 radical (unpaired) electrons. The van der Waals surface area contributed by atoms with Gasteiger partial charge in [-0.2, -0.15) is 0 Å². The Labute approximate surface area is 279 Å². The lowest BCUT2D eigenvalue weighted by Gasteiger charge is -2.32. The minimum Gasteiger partial charge on any atom is -0.337 e. The first-order valence-electron chi connectivity index (χ1n) is 17.2. The number of rotatable bonds is 7. The van der Waals surface area contributed by atoms with Crippen LogP contribution in [0.3, 0.4) is 0 Å². The Morgan fingerprint density at radius 3 is 2.19 bits per heavy atom. The molecule has 5 aromatic rings. The molecule has 8 rings (SSSR count). The molecule has 1 heterocycles. The third-order valence-corrected chi connectivity index (χ3v) is 10.4. The van der Waals surface area contributed by atoms with Gasteiger partial charge in [0.2, 0.25) is 0 Å². The van der Waals surface area contributed by atoms with Crippen molar-refractivity contribution in [2.45, 2.75) is 45.1 Å². The average Bonchev–Trinajstić information content (AvgIpc) is 3.47. The Morgan fingerprint density at radius 2 is 1.40 bits per heavy atom. The second-order valence-corrected chi connectivity index (χ2v) is 13.1. The zero-order valence-corrected chi connectivity index (χ0v) is 27.3. The van der Waals surface area contributed by atoms with Crippen molar-refractivity contribution in [1.82, 2.24) is 0 Å². The first kappa shape index (κ1) is 29.3. The van der Waals surface area contributed by atoms with Gasteiger partial charge in [-0.05, 0) is 100 Å². The summed E-state index contributed by atoms with van der Waals surface area (Å²) in [6.45, 7) is 4.55. The quantitative estimate of drug-likeness (QED) is 0.178. The summed E-state index contributed by atoms with van der Waals surface area (Å²) in [6.07, 6.45) is 15.4. The van der Waals surface area contributed by atoms with Crippen LogP contribution in [0.2, 0.25) is 0 Å². The van der Waals surface area contributed by atoms with Crippen LogP contribution >= 0.6 is 0 Å². The minimum absolute atomic E-state index is 0.288. The lowest BCUT2D eigenvalue weighted by atomic mass is 9.81. The van der Waals surface area contributed by atoms with Crippen LogP contribution in [0.5, 0.6) is 0 Å². The molecule has 5 aromatic carbocycles. The number of hydrogen-bond acceptors (Lipinski definition) is 1. The number of hydrogen-bond donors (Lipinski definition) is 0. The number of aryl methyl sites for hydroxylation is 1. The minimum atomic E-state index is 0.288. The molecule has 0 spiro atoms. The van der Waals surface area contributed by atoms with Gasteiger partial charge in [-0.3, -0.25) is 0 Å². The van der Waals surface area contributed by atoms with E-state index in [1.165, 1.54) is 67.0 Å². The fourth-order valence-electron chi connectivity index (χ4n) is 8.03. The Morgan fingerprint density at radius 1 is 0.702 bits per heavy atom. The predicted octanol–water partition coefficient (Wildman–Crippen LogP) is 11.9. The molecule has 0 bridgehead atoms. The van der Waals surface area contributed by atoms with Crippen molar-refractivity contribution in [1.29, 1.82) is 0 Å². The Hall–Kier alpha value is -5.14. The van der Waals surface area contributed by atoms with Crippen molar-refractivity contribution in [3.8, 4) is 22.3 Å². The molecule has 2 aliphatic carbocycles. The van der Waals surface area contributed by atoms with Gasteiger partial charge in [0.25, 0.3) is 0 Å². The summed E-state index contributed by atoms with van der Waals surface area (Å²) < 4.78 is 0. The van der Waals surface area contributed by atoms with E-state index in [0.29, 0.717) is 11.8 Å². The lowest BCUT2D eigenvalue weighted by molar-refractivity contribution is 0.683. The van der Waals surface area contributed by atoms with Crippen LogP contribution < -0.4 is 4.90 Å². The summed E-state index contributed by atoms with van der Waals surface area (Å²) in [5.41, 5.74) is 16.1. The Bertz CT molecular complexity index is 2020. The fourth-order valence-corrected chi connectivity index (χ4v) is 8.03. The first-order valence-corrected chi connectivity index (χ1v) is 17.2. The largest absolute Gasteiger partial charge is 0.337 e.